The van der Waals surface area contributed by atoms with Gasteiger partial charge in [0.15, 0.2) is 5.13 Å². The molecule has 2 amide bonds. The van der Waals surface area contributed by atoms with Crippen molar-refractivity contribution in [2.24, 2.45) is 0 Å². The molecule has 0 aliphatic carbocycles. The molecular formula is C17H13F2N3O3S2. The summed E-state index contributed by atoms with van der Waals surface area (Å²) in [6.45, 7) is -2.94. The fourth-order valence-electron chi connectivity index (χ4n) is 2.13. The molecule has 0 fully saturated rings. The van der Waals surface area contributed by atoms with Crippen molar-refractivity contribution in [3.63, 3.8) is 0 Å². The quantitative estimate of drug-likeness (QED) is 0.612. The highest BCUT2D eigenvalue weighted by Crippen LogP contribution is 2.21. The van der Waals surface area contributed by atoms with Crippen LogP contribution < -0.4 is 15.4 Å². The van der Waals surface area contributed by atoms with Crippen LogP contribution in [0.3, 0.4) is 0 Å². The van der Waals surface area contributed by atoms with Crippen LogP contribution in [0.25, 0.3) is 0 Å². The Bertz CT molecular complexity index is 929. The predicted octanol–water partition coefficient (Wildman–Crippen LogP) is 4.24. The second-order valence-electron chi connectivity index (χ2n) is 5.21. The third kappa shape index (κ3) is 5.56. The zero-order chi connectivity index (χ0) is 19.2. The Morgan fingerprint density at radius 3 is 2.74 bits per heavy atom. The molecule has 27 heavy (non-hydrogen) atoms. The van der Waals surface area contributed by atoms with E-state index < -0.39 is 6.61 Å². The number of carbonyl (C=O) groups is 2. The summed E-state index contributed by atoms with van der Waals surface area (Å²) in [5.41, 5.74) is 0.818. The Morgan fingerprint density at radius 2 is 2.00 bits per heavy atom. The maximum atomic E-state index is 12.2. The van der Waals surface area contributed by atoms with Crippen molar-refractivity contribution >= 4 is 45.3 Å². The van der Waals surface area contributed by atoms with Crippen LogP contribution in [0.15, 0.2) is 47.2 Å². The molecule has 2 N–H and O–H groups in total. The molecule has 10 heteroatoms. The molecule has 1 aromatic carbocycles. The third-order valence-corrected chi connectivity index (χ3v) is 4.88. The molecule has 0 bridgehead atoms. The largest absolute Gasteiger partial charge is 0.435 e. The van der Waals surface area contributed by atoms with Crippen molar-refractivity contribution in [3.05, 3.63) is 57.7 Å². The van der Waals surface area contributed by atoms with Gasteiger partial charge in [0.2, 0.25) is 5.91 Å². The molecule has 3 rings (SSSR count). The first kappa shape index (κ1) is 18.9. The lowest BCUT2D eigenvalue weighted by Gasteiger charge is -2.07. The summed E-state index contributed by atoms with van der Waals surface area (Å²) in [5.74, 6) is -0.674. The van der Waals surface area contributed by atoms with Gasteiger partial charge in [0.1, 0.15) is 5.75 Å². The lowest BCUT2D eigenvalue weighted by atomic mass is 10.2. The first-order valence-corrected chi connectivity index (χ1v) is 9.39. The number of amides is 2. The van der Waals surface area contributed by atoms with E-state index in [1.165, 1.54) is 40.9 Å². The summed E-state index contributed by atoms with van der Waals surface area (Å²) in [4.78, 5) is 28.9. The summed E-state index contributed by atoms with van der Waals surface area (Å²) in [7, 11) is 0. The van der Waals surface area contributed by atoms with Crippen LogP contribution in [0.4, 0.5) is 19.6 Å². The minimum Gasteiger partial charge on any atom is -0.435 e. The zero-order valence-corrected chi connectivity index (χ0v) is 15.3. The van der Waals surface area contributed by atoms with E-state index in [4.69, 9.17) is 0 Å². The summed E-state index contributed by atoms with van der Waals surface area (Å²) in [6, 6.07) is 9.20. The number of anilines is 2. The highest BCUT2D eigenvalue weighted by molar-refractivity contribution is 7.14. The third-order valence-electron chi connectivity index (χ3n) is 3.20. The normalized spacial score (nSPS) is 10.6. The monoisotopic (exact) mass is 409 g/mol. The van der Waals surface area contributed by atoms with Crippen LogP contribution in [0, 0.1) is 0 Å². The molecule has 0 saturated heterocycles. The Hall–Kier alpha value is -2.85. The van der Waals surface area contributed by atoms with Crippen LogP contribution in [0.5, 0.6) is 5.75 Å². The van der Waals surface area contributed by atoms with Gasteiger partial charge in [-0.15, -0.1) is 22.7 Å². The Labute approximate surface area is 160 Å². The van der Waals surface area contributed by atoms with Gasteiger partial charge in [-0.05, 0) is 23.6 Å². The number of carbonyl (C=O) groups excluding carboxylic acids is 2. The van der Waals surface area contributed by atoms with Gasteiger partial charge in [-0.3, -0.25) is 14.9 Å². The van der Waals surface area contributed by atoms with E-state index in [0.29, 0.717) is 21.4 Å². The molecule has 0 radical (unpaired) electrons. The number of thiazole rings is 1. The minimum atomic E-state index is -2.94. The molecule has 2 heterocycles. The van der Waals surface area contributed by atoms with E-state index in [-0.39, 0.29) is 24.0 Å². The van der Waals surface area contributed by atoms with Gasteiger partial charge in [-0.25, -0.2) is 4.98 Å². The smallest absolute Gasteiger partial charge is 0.387 e. The van der Waals surface area contributed by atoms with E-state index in [2.05, 4.69) is 20.4 Å². The topological polar surface area (TPSA) is 80.3 Å². The van der Waals surface area contributed by atoms with E-state index in [1.807, 2.05) is 0 Å². The Morgan fingerprint density at radius 1 is 1.15 bits per heavy atom. The highest BCUT2D eigenvalue weighted by Gasteiger charge is 2.12. The van der Waals surface area contributed by atoms with Crippen molar-refractivity contribution < 1.29 is 23.1 Å². The first-order chi connectivity index (χ1) is 13.0. The maximum Gasteiger partial charge on any atom is 0.387 e. The summed E-state index contributed by atoms with van der Waals surface area (Å²) >= 11 is 2.53. The Kier molecular flexibility index (Phi) is 6.09. The summed E-state index contributed by atoms with van der Waals surface area (Å²) in [5, 5.41) is 9.12. The summed E-state index contributed by atoms with van der Waals surface area (Å²) < 4.78 is 28.8. The average Bonchev–Trinajstić information content (AvgIpc) is 3.26. The number of thiophene rings is 1. The van der Waals surface area contributed by atoms with Crippen molar-refractivity contribution in [2.75, 3.05) is 10.6 Å². The molecule has 0 spiro atoms. The van der Waals surface area contributed by atoms with Gasteiger partial charge in [-0.1, -0.05) is 12.1 Å². The fraction of sp³-hybridized carbons (Fsp3) is 0.118. The standard InChI is InChI=1S/C17H13F2N3O3S2/c18-16(19)25-12-4-1-3-10(7-12)20-14(23)8-11-9-27-17(21-11)22-15(24)13-5-2-6-26-13/h1-7,9,16H,8H2,(H,20,23)(H,21,22,24). The molecule has 2 aromatic heterocycles. The van der Waals surface area contributed by atoms with Gasteiger partial charge in [0.25, 0.3) is 5.91 Å². The van der Waals surface area contributed by atoms with E-state index in [9.17, 15) is 18.4 Å². The first-order valence-electron chi connectivity index (χ1n) is 7.63. The number of rotatable bonds is 7. The van der Waals surface area contributed by atoms with Crippen LogP contribution in [0.1, 0.15) is 15.4 Å². The fourth-order valence-corrected chi connectivity index (χ4v) is 3.46. The lowest BCUT2D eigenvalue weighted by Crippen LogP contribution is -2.15. The molecule has 0 atom stereocenters. The number of halogens is 2. The van der Waals surface area contributed by atoms with E-state index >= 15 is 0 Å². The molecule has 6 nitrogen and oxygen atoms in total. The molecule has 0 aliphatic heterocycles. The molecule has 0 aliphatic rings. The van der Waals surface area contributed by atoms with Gasteiger partial charge in [0, 0.05) is 17.1 Å². The zero-order valence-electron chi connectivity index (χ0n) is 13.6. The predicted molar refractivity (Wildman–Crippen MR) is 99.8 cm³/mol. The molecule has 0 saturated carbocycles. The minimum absolute atomic E-state index is 0.0225. The van der Waals surface area contributed by atoms with Crippen LogP contribution in [0.2, 0.25) is 0 Å². The van der Waals surface area contributed by atoms with E-state index in [0.717, 1.165) is 0 Å². The summed E-state index contributed by atoms with van der Waals surface area (Å²) in [6.07, 6.45) is -0.0225. The van der Waals surface area contributed by atoms with E-state index in [1.54, 1.807) is 29.0 Å². The molecule has 0 unspecified atom stereocenters. The SMILES string of the molecule is O=C(Cc1csc(NC(=O)c2cccs2)n1)Nc1cccc(OC(F)F)c1. The lowest BCUT2D eigenvalue weighted by molar-refractivity contribution is -0.115. The number of aromatic nitrogens is 1. The van der Waals surface area contributed by atoms with Crippen molar-refractivity contribution in [1.82, 2.24) is 4.98 Å². The van der Waals surface area contributed by atoms with Gasteiger partial charge in [-0.2, -0.15) is 8.78 Å². The van der Waals surface area contributed by atoms with Crippen LogP contribution in [-0.2, 0) is 11.2 Å². The van der Waals surface area contributed by atoms with Crippen molar-refractivity contribution in [3.8, 4) is 5.75 Å². The maximum absolute atomic E-state index is 12.2. The number of ether oxygens (including phenoxy) is 1. The van der Waals surface area contributed by atoms with Gasteiger partial charge in [0.05, 0.1) is 17.0 Å². The van der Waals surface area contributed by atoms with Crippen molar-refractivity contribution in [1.29, 1.82) is 0 Å². The number of nitrogens with zero attached hydrogens (tertiary/aromatic N) is 1. The van der Waals surface area contributed by atoms with Crippen molar-refractivity contribution in [2.45, 2.75) is 13.0 Å². The molecule has 140 valence electrons. The number of hydrogen-bond donors (Lipinski definition) is 2. The van der Waals surface area contributed by atoms with Gasteiger partial charge >= 0.3 is 6.61 Å². The molecule has 3 aromatic rings. The number of hydrogen-bond acceptors (Lipinski definition) is 6. The number of benzene rings is 1. The number of alkyl halides is 2. The average molecular weight is 409 g/mol. The molecular weight excluding hydrogens is 396 g/mol. The Balaban J connectivity index is 1.55. The second-order valence-corrected chi connectivity index (χ2v) is 7.01. The van der Waals surface area contributed by atoms with Gasteiger partial charge < -0.3 is 10.1 Å². The number of nitrogens with one attached hydrogen (secondary N) is 2. The second kappa shape index (κ2) is 8.69. The highest BCUT2D eigenvalue weighted by atomic mass is 32.1. The van der Waals surface area contributed by atoms with Crippen LogP contribution >= 0.6 is 22.7 Å². The van der Waals surface area contributed by atoms with Crippen LogP contribution in [-0.4, -0.2) is 23.4 Å².